The molecule has 7 nitrogen and oxygen atoms in total. The number of fused-ring (bicyclic) bond motifs is 1. The van der Waals surface area contributed by atoms with Gasteiger partial charge in [0, 0.05) is 6.08 Å². The van der Waals surface area contributed by atoms with E-state index in [4.69, 9.17) is 5.73 Å². The Balaban J connectivity index is 0.00000220. The van der Waals surface area contributed by atoms with E-state index in [1.165, 1.54) is 12.3 Å². The largest absolute Gasteiger partial charge is 1.00 e. The van der Waals surface area contributed by atoms with Crippen LogP contribution < -0.4 is 62.2 Å². The van der Waals surface area contributed by atoms with Crippen LogP contribution in [0.15, 0.2) is 21.4 Å². The first kappa shape index (κ1) is 19.2. The van der Waals surface area contributed by atoms with Crippen molar-refractivity contribution in [3.05, 3.63) is 21.4 Å². The van der Waals surface area contributed by atoms with Gasteiger partial charge >= 0.3 is 51.4 Å². The number of primary amides is 1. The smallest absolute Gasteiger partial charge is 0.543 e. The Morgan fingerprint density at radius 2 is 2.19 bits per heavy atom. The van der Waals surface area contributed by atoms with Gasteiger partial charge in [-0.2, -0.15) is 0 Å². The third-order valence-electron chi connectivity index (χ3n) is 2.87. The number of aliphatic hydroxyl groups excluding tert-OH is 1. The first-order chi connectivity index (χ1) is 9.34. The number of carbonyl (C=O) groups is 3. The average Bonchev–Trinajstić information content (AvgIpc) is 2.63. The van der Waals surface area contributed by atoms with E-state index in [1.807, 2.05) is 0 Å². The molecular weight excluding hydrogens is 343 g/mol. The molecule has 10 heteroatoms. The van der Waals surface area contributed by atoms with Gasteiger partial charge in [0.15, 0.2) is 0 Å². The molecule has 108 valence electrons. The summed E-state index contributed by atoms with van der Waals surface area (Å²) in [7, 11) is 0. The Morgan fingerprint density at radius 1 is 1.57 bits per heavy atom. The number of carboxylic acid groups (broad SMARTS) is 1. The van der Waals surface area contributed by atoms with E-state index in [0.29, 0.717) is 4.24 Å². The van der Waals surface area contributed by atoms with Gasteiger partial charge in [-0.3, -0.25) is 14.5 Å². The molecule has 0 spiro atoms. The van der Waals surface area contributed by atoms with E-state index >= 15 is 0 Å². The molecule has 0 aromatic rings. The molecule has 0 bridgehead atoms. The van der Waals surface area contributed by atoms with Crippen LogP contribution in [0.25, 0.3) is 0 Å². The number of carboxylic acids is 1. The summed E-state index contributed by atoms with van der Waals surface area (Å²) in [6.07, 6.45) is 0.235. The molecule has 0 aliphatic carbocycles. The summed E-state index contributed by atoms with van der Waals surface area (Å²) < 4.78 is 0.337. The number of amides is 2. The van der Waals surface area contributed by atoms with Crippen molar-refractivity contribution in [3.8, 4) is 0 Å². The minimum atomic E-state index is -1.47. The molecule has 0 saturated carbocycles. The van der Waals surface area contributed by atoms with Crippen LogP contribution in [0.4, 0.5) is 0 Å². The fraction of sp³-hybridized carbons (Fsp3) is 0.364. The van der Waals surface area contributed by atoms with E-state index in [2.05, 4.69) is 0 Å². The number of nitrogens with two attached hydrogens (primary N) is 1. The van der Waals surface area contributed by atoms with Crippen molar-refractivity contribution in [1.82, 2.24) is 4.90 Å². The molecule has 2 aliphatic rings. The summed E-state index contributed by atoms with van der Waals surface area (Å²) in [6, 6.07) is 0. The normalized spacial score (nSPS) is 25.4. The minimum absolute atomic E-state index is 0. The Labute approximate surface area is 171 Å². The molecule has 2 aliphatic heterocycles. The number of aliphatic hydroxyl groups is 1. The molecule has 21 heavy (non-hydrogen) atoms. The zero-order chi connectivity index (χ0) is 15.0. The predicted octanol–water partition coefficient (Wildman–Crippen LogP) is -4.45. The fourth-order valence-corrected chi connectivity index (χ4v) is 4.61. The Bertz CT molecular complexity index is 549. The maximum Gasteiger partial charge on any atom is 1.00 e. The van der Waals surface area contributed by atoms with Crippen LogP contribution in [0, 0.1) is 5.92 Å². The second-order valence-corrected chi connectivity index (χ2v) is 6.53. The van der Waals surface area contributed by atoms with Gasteiger partial charge in [-0.15, -0.1) is 0 Å². The number of hydrogen-bond donors (Lipinski definition) is 2. The molecule has 0 aromatic carbocycles. The van der Waals surface area contributed by atoms with E-state index in [1.54, 1.807) is 0 Å². The Hall–Kier alpha value is 0.186. The van der Waals surface area contributed by atoms with Crippen LogP contribution in [0.3, 0.4) is 0 Å². The van der Waals surface area contributed by atoms with Crippen molar-refractivity contribution in [3.63, 3.8) is 0 Å². The van der Waals surface area contributed by atoms with Crippen molar-refractivity contribution in [2.45, 2.75) is 18.4 Å². The summed E-state index contributed by atoms with van der Waals surface area (Å²) in [5, 5.41) is 21.6. The van der Waals surface area contributed by atoms with E-state index in [9.17, 15) is 24.6 Å². The van der Waals surface area contributed by atoms with Gasteiger partial charge in [0.2, 0.25) is 11.8 Å². The standard InChI is InChI=1S/C11H12N2O5S2.K/c1-4(14)6-8(16)13-7(10(17)18)11(20-9(6)13)19-3-2-5(12)15;/h2-4,6,9,14H,1H3,(H2,12,15)(H,17,18);/q;+1/p-1/b3-2-;/t4-,6+,9-;/m1./s1. The van der Waals surface area contributed by atoms with Crippen LogP contribution >= 0.6 is 23.5 Å². The SMILES string of the molecule is C[C@@H](O)[C@H]1C(=O)N2C(C(=O)[O-])=C(S/C=C\C(N)=O)S[C@H]12.[K+]. The topological polar surface area (TPSA) is 124 Å². The van der Waals surface area contributed by atoms with E-state index < -0.39 is 35.2 Å². The average molecular weight is 354 g/mol. The second kappa shape index (κ2) is 7.64. The molecule has 2 rings (SSSR count). The number of aliphatic carboxylic acids is 1. The van der Waals surface area contributed by atoms with Gasteiger partial charge in [-0.25, -0.2) is 0 Å². The molecule has 0 aromatic heterocycles. The van der Waals surface area contributed by atoms with Gasteiger partial charge in [0.05, 0.1) is 27.9 Å². The first-order valence-corrected chi connectivity index (χ1v) is 7.36. The predicted molar refractivity (Wildman–Crippen MR) is 71.4 cm³/mol. The van der Waals surface area contributed by atoms with Crippen LogP contribution in [0.5, 0.6) is 0 Å². The summed E-state index contributed by atoms with van der Waals surface area (Å²) >= 11 is 2.13. The van der Waals surface area contributed by atoms with Gasteiger partial charge in [-0.1, -0.05) is 23.5 Å². The quantitative estimate of drug-likeness (QED) is 0.290. The van der Waals surface area contributed by atoms with Gasteiger partial charge in [0.1, 0.15) is 5.37 Å². The zero-order valence-electron chi connectivity index (χ0n) is 11.3. The van der Waals surface area contributed by atoms with E-state index in [-0.39, 0.29) is 57.1 Å². The molecule has 3 atom stereocenters. The van der Waals surface area contributed by atoms with Crippen LogP contribution in [-0.2, 0) is 14.4 Å². The number of nitrogens with zero attached hydrogens (tertiary/aromatic N) is 1. The van der Waals surface area contributed by atoms with Crippen molar-refractivity contribution in [2.75, 3.05) is 0 Å². The molecule has 0 radical (unpaired) electrons. The third kappa shape index (κ3) is 3.75. The van der Waals surface area contributed by atoms with E-state index in [0.717, 1.165) is 34.5 Å². The summed E-state index contributed by atoms with van der Waals surface area (Å²) in [4.78, 5) is 34.7. The monoisotopic (exact) mass is 354 g/mol. The van der Waals surface area contributed by atoms with Gasteiger partial charge < -0.3 is 20.7 Å². The zero-order valence-corrected chi connectivity index (χ0v) is 16.1. The van der Waals surface area contributed by atoms with Crippen molar-refractivity contribution < 1.29 is 76.0 Å². The molecule has 3 N–H and O–H groups in total. The minimum Gasteiger partial charge on any atom is -0.543 e. The van der Waals surface area contributed by atoms with Crippen LogP contribution in [0.1, 0.15) is 6.92 Å². The number of β-lactam (4-membered cyclic amide) rings is 1. The van der Waals surface area contributed by atoms with Gasteiger partial charge in [-0.05, 0) is 12.3 Å². The molecule has 1 fully saturated rings. The van der Waals surface area contributed by atoms with Crippen molar-refractivity contribution in [1.29, 1.82) is 0 Å². The number of thioether (sulfide) groups is 2. The molecule has 0 unspecified atom stereocenters. The maximum atomic E-state index is 11.9. The van der Waals surface area contributed by atoms with Gasteiger partial charge in [0.25, 0.3) is 0 Å². The summed E-state index contributed by atoms with van der Waals surface area (Å²) in [5.41, 5.74) is 4.71. The third-order valence-corrected chi connectivity index (χ3v) is 5.28. The number of carbonyl (C=O) groups excluding carboxylic acids is 3. The summed E-state index contributed by atoms with van der Waals surface area (Å²) in [6.45, 7) is 1.48. The Kier molecular flexibility index (Phi) is 7.00. The van der Waals surface area contributed by atoms with Crippen molar-refractivity contribution >= 4 is 41.3 Å². The van der Waals surface area contributed by atoms with Crippen molar-refractivity contribution in [2.24, 2.45) is 11.7 Å². The fourth-order valence-electron chi connectivity index (χ4n) is 1.99. The van der Waals surface area contributed by atoms with Crippen LogP contribution in [-0.4, -0.2) is 39.3 Å². The van der Waals surface area contributed by atoms with Crippen LogP contribution in [0.2, 0.25) is 0 Å². The summed E-state index contributed by atoms with van der Waals surface area (Å²) in [5.74, 6) is -3.19. The molecule has 2 amide bonds. The number of hydrogen-bond acceptors (Lipinski definition) is 7. The maximum absolute atomic E-state index is 11.9. The molecule has 2 heterocycles. The molecule has 1 saturated heterocycles. The number of rotatable bonds is 5. The molecular formula is C11H11KN2O5S2. The Morgan fingerprint density at radius 3 is 2.67 bits per heavy atom. The first-order valence-electron chi connectivity index (χ1n) is 5.60. The second-order valence-electron chi connectivity index (χ2n) is 4.23.